The zero-order chi connectivity index (χ0) is 11.9. The summed E-state index contributed by atoms with van der Waals surface area (Å²) in [5.41, 5.74) is 5.12. The van der Waals surface area contributed by atoms with Gasteiger partial charge in [0.05, 0.1) is 6.10 Å². The first-order chi connectivity index (χ1) is 6.77. The molecule has 0 aromatic carbocycles. The van der Waals surface area contributed by atoms with Gasteiger partial charge in [0.15, 0.2) is 0 Å². The lowest BCUT2D eigenvalue weighted by Gasteiger charge is -2.58. The fourth-order valence-corrected chi connectivity index (χ4v) is 2.20. The maximum absolute atomic E-state index is 12.0. The van der Waals surface area contributed by atoms with Crippen LogP contribution >= 0.6 is 0 Å². The van der Waals surface area contributed by atoms with E-state index in [0.29, 0.717) is 13.0 Å². The minimum atomic E-state index is -0.768. The Morgan fingerprint density at radius 3 is 2.40 bits per heavy atom. The highest BCUT2D eigenvalue weighted by molar-refractivity contribution is 5.88. The predicted octanol–water partition coefficient (Wildman–Crippen LogP) is 0.607. The van der Waals surface area contributed by atoms with Gasteiger partial charge in [-0.25, -0.2) is 0 Å². The topological polar surface area (TPSA) is 55.6 Å². The summed E-state index contributed by atoms with van der Waals surface area (Å²) in [5, 5.41) is 0. The van der Waals surface area contributed by atoms with Crippen LogP contribution in [-0.2, 0) is 9.53 Å². The smallest absolute Gasteiger partial charge is 0.242 e. The van der Waals surface area contributed by atoms with Crippen LogP contribution in [0.25, 0.3) is 0 Å². The van der Waals surface area contributed by atoms with Crippen molar-refractivity contribution in [1.29, 1.82) is 0 Å². The highest BCUT2D eigenvalue weighted by Gasteiger charge is 2.63. The summed E-state index contributed by atoms with van der Waals surface area (Å²) in [6, 6.07) is 0. The summed E-state index contributed by atoms with van der Waals surface area (Å²) >= 11 is 0. The van der Waals surface area contributed by atoms with E-state index in [-0.39, 0.29) is 17.4 Å². The Hall–Kier alpha value is -0.610. The third-order valence-corrected chi connectivity index (χ3v) is 3.62. The highest BCUT2D eigenvalue weighted by atomic mass is 16.5. The number of likely N-dealkylation sites (N-methyl/N-ethyl adjacent to an activating group) is 1. The Morgan fingerprint density at radius 2 is 2.07 bits per heavy atom. The summed E-state index contributed by atoms with van der Waals surface area (Å²) in [5.74, 6) is -0.0107. The van der Waals surface area contributed by atoms with Crippen LogP contribution in [0.5, 0.6) is 0 Å². The third-order valence-electron chi connectivity index (χ3n) is 3.62. The highest BCUT2D eigenvalue weighted by Crippen LogP contribution is 2.50. The molecule has 0 saturated heterocycles. The maximum Gasteiger partial charge on any atom is 0.242 e. The van der Waals surface area contributed by atoms with E-state index >= 15 is 0 Å². The molecular formula is C11H22N2O2. The van der Waals surface area contributed by atoms with Crippen molar-refractivity contribution in [2.45, 2.75) is 38.8 Å². The molecule has 0 aliphatic heterocycles. The molecule has 2 N–H and O–H groups in total. The lowest BCUT2D eigenvalue weighted by atomic mass is 9.54. The summed E-state index contributed by atoms with van der Waals surface area (Å²) in [6.45, 7) is 6.62. The molecule has 4 nitrogen and oxygen atoms in total. The van der Waals surface area contributed by atoms with Crippen LogP contribution in [0.15, 0.2) is 0 Å². The van der Waals surface area contributed by atoms with Crippen LogP contribution in [-0.4, -0.2) is 43.2 Å². The molecule has 1 fully saturated rings. The molecule has 15 heavy (non-hydrogen) atoms. The Balaban J connectivity index is 2.79. The molecule has 0 bridgehead atoms. The van der Waals surface area contributed by atoms with E-state index in [0.717, 1.165) is 0 Å². The molecule has 1 saturated carbocycles. The molecule has 0 aromatic heterocycles. The summed E-state index contributed by atoms with van der Waals surface area (Å²) in [7, 11) is 3.47. The zero-order valence-electron chi connectivity index (χ0n) is 10.3. The minimum absolute atomic E-state index is 0.0107. The quantitative estimate of drug-likeness (QED) is 0.749. The Kier molecular flexibility index (Phi) is 3.12. The van der Waals surface area contributed by atoms with E-state index in [2.05, 4.69) is 0 Å². The molecule has 0 aromatic rings. The number of nitrogens with zero attached hydrogens (tertiary/aromatic N) is 1. The lowest BCUT2D eigenvalue weighted by molar-refractivity contribution is -0.177. The van der Waals surface area contributed by atoms with Crippen molar-refractivity contribution in [2.75, 3.05) is 20.7 Å². The molecule has 1 amide bonds. The summed E-state index contributed by atoms with van der Waals surface area (Å²) in [6.07, 6.45) is 0.710. The van der Waals surface area contributed by atoms with Crippen LogP contribution in [0, 0.1) is 5.41 Å². The van der Waals surface area contributed by atoms with Gasteiger partial charge in [0.1, 0.15) is 5.54 Å². The van der Waals surface area contributed by atoms with E-state index in [1.807, 2.05) is 20.8 Å². The van der Waals surface area contributed by atoms with Crippen molar-refractivity contribution >= 4 is 5.91 Å². The average Bonchev–Trinajstić information content (AvgIpc) is 2.15. The van der Waals surface area contributed by atoms with Gasteiger partial charge in [-0.15, -0.1) is 0 Å². The molecule has 88 valence electrons. The number of carbonyl (C=O) groups excluding carboxylic acids is 1. The van der Waals surface area contributed by atoms with Crippen molar-refractivity contribution in [1.82, 2.24) is 4.90 Å². The van der Waals surface area contributed by atoms with Crippen molar-refractivity contribution < 1.29 is 9.53 Å². The zero-order valence-corrected chi connectivity index (χ0v) is 10.3. The summed E-state index contributed by atoms with van der Waals surface area (Å²) < 4.78 is 5.57. The second kappa shape index (κ2) is 3.76. The fraction of sp³-hybridized carbons (Fsp3) is 0.909. The first-order valence-corrected chi connectivity index (χ1v) is 5.39. The first-order valence-electron chi connectivity index (χ1n) is 5.39. The molecule has 1 aliphatic rings. The Morgan fingerprint density at radius 1 is 1.53 bits per heavy atom. The number of hydrogen-bond donors (Lipinski definition) is 1. The van der Waals surface area contributed by atoms with Crippen LogP contribution in [0.3, 0.4) is 0 Å². The Bertz CT molecular complexity index is 263. The van der Waals surface area contributed by atoms with Crippen LogP contribution in [0.2, 0.25) is 0 Å². The monoisotopic (exact) mass is 214 g/mol. The van der Waals surface area contributed by atoms with Gasteiger partial charge in [-0.2, -0.15) is 0 Å². The van der Waals surface area contributed by atoms with E-state index < -0.39 is 5.54 Å². The molecular weight excluding hydrogens is 192 g/mol. The second-order valence-corrected chi connectivity index (χ2v) is 5.04. The van der Waals surface area contributed by atoms with E-state index in [1.165, 1.54) is 0 Å². The molecule has 2 atom stereocenters. The number of carbonyl (C=O) groups is 1. The first kappa shape index (κ1) is 12.5. The van der Waals surface area contributed by atoms with Gasteiger partial charge in [0.25, 0.3) is 0 Å². The molecule has 0 spiro atoms. The number of nitrogens with two attached hydrogens (primary N) is 1. The number of amides is 1. The SMILES string of the molecule is CCOC1CC(N)(C(=O)N(C)C)C1(C)C. The van der Waals surface area contributed by atoms with Gasteiger partial charge in [0, 0.05) is 32.5 Å². The van der Waals surface area contributed by atoms with Crippen molar-refractivity contribution in [3.8, 4) is 0 Å². The Labute approximate surface area is 91.8 Å². The molecule has 4 heteroatoms. The van der Waals surface area contributed by atoms with Crippen LogP contribution < -0.4 is 5.73 Å². The number of hydrogen-bond acceptors (Lipinski definition) is 3. The second-order valence-electron chi connectivity index (χ2n) is 5.04. The van der Waals surface area contributed by atoms with Crippen LogP contribution in [0.1, 0.15) is 27.2 Å². The molecule has 0 radical (unpaired) electrons. The summed E-state index contributed by atoms with van der Waals surface area (Å²) in [4.78, 5) is 13.5. The number of rotatable bonds is 3. The molecule has 2 unspecified atom stereocenters. The predicted molar refractivity (Wildman–Crippen MR) is 59.4 cm³/mol. The normalized spacial score (nSPS) is 33.3. The van der Waals surface area contributed by atoms with Crippen molar-refractivity contribution in [2.24, 2.45) is 11.1 Å². The lowest BCUT2D eigenvalue weighted by Crippen LogP contribution is -2.75. The van der Waals surface area contributed by atoms with E-state index in [4.69, 9.17) is 10.5 Å². The van der Waals surface area contributed by atoms with Gasteiger partial charge in [-0.05, 0) is 6.92 Å². The van der Waals surface area contributed by atoms with Gasteiger partial charge in [-0.3, -0.25) is 4.79 Å². The molecule has 0 heterocycles. The van der Waals surface area contributed by atoms with Crippen molar-refractivity contribution in [3.63, 3.8) is 0 Å². The largest absolute Gasteiger partial charge is 0.378 e. The fourth-order valence-electron chi connectivity index (χ4n) is 2.20. The third kappa shape index (κ3) is 1.66. The minimum Gasteiger partial charge on any atom is -0.378 e. The van der Waals surface area contributed by atoms with Gasteiger partial charge < -0.3 is 15.4 Å². The van der Waals surface area contributed by atoms with Crippen molar-refractivity contribution in [3.05, 3.63) is 0 Å². The van der Waals surface area contributed by atoms with E-state index in [9.17, 15) is 4.79 Å². The van der Waals surface area contributed by atoms with Crippen LogP contribution in [0.4, 0.5) is 0 Å². The average molecular weight is 214 g/mol. The molecule has 1 rings (SSSR count). The van der Waals surface area contributed by atoms with Gasteiger partial charge in [0.2, 0.25) is 5.91 Å². The standard InChI is InChI=1S/C11H22N2O2/c1-6-15-8-7-11(12,10(8,2)3)9(14)13(4)5/h8H,6-7,12H2,1-5H3. The van der Waals surface area contributed by atoms with E-state index in [1.54, 1.807) is 19.0 Å². The molecule has 1 aliphatic carbocycles. The van der Waals surface area contributed by atoms with Gasteiger partial charge in [-0.1, -0.05) is 13.8 Å². The maximum atomic E-state index is 12.0. The number of ether oxygens (including phenoxy) is 1. The van der Waals surface area contributed by atoms with Gasteiger partial charge >= 0.3 is 0 Å².